The number of amides is 2. The van der Waals surface area contributed by atoms with Crippen molar-refractivity contribution in [3.8, 4) is 0 Å². The first-order valence-electron chi connectivity index (χ1n) is 6.81. The monoisotopic (exact) mass is 257 g/mol. The molecule has 2 bridgehead atoms. The molecule has 100 valence electrons. The Morgan fingerprint density at radius 3 is 2.89 bits per heavy atom. The number of hydrogen-bond donors (Lipinski definition) is 0. The van der Waals surface area contributed by atoms with E-state index < -0.39 is 0 Å². The Morgan fingerprint density at radius 2 is 2.26 bits per heavy atom. The number of fused-ring (bicyclic) bond motifs is 5. The van der Waals surface area contributed by atoms with E-state index in [9.17, 15) is 9.59 Å². The highest BCUT2D eigenvalue weighted by Crippen LogP contribution is 2.59. The van der Waals surface area contributed by atoms with Crippen LogP contribution in [0.15, 0.2) is 36.5 Å². The highest BCUT2D eigenvalue weighted by atomic mass is 16.2. The molecule has 1 saturated carbocycles. The summed E-state index contributed by atoms with van der Waals surface area (Å²) in [5.74, 6) is 0.0469. The van der Waals surface area contributed by atoms with Crippen LogP contribution in [0, 0.1) is 23.2 Å². The Balaban J connectivity index is 1.83. The van der Waals surface area contributed by atoms with Gasteiger partial charge in [-0.2, -0.15) is 0 Å². The Kier molecular flexibility index (Phi) is 2.56. The second-order valence-electron chi connectivity index (χ2n) is 6.27. The van der Waals surface area contributed by atoms with Crippen LogP contribution in [-0.2, 0) is 9.59 Å². The maximum atomic E-state index is 12.5. The molecular weight excluding hydrogens is 238 g/mol. The Labute approximate surface area is 113 Å². The molecular formula is C16H19NO2. The SMILES string of the molecule is C=C(C)C=CCN1C(=O)C2C3C=CC(C)(C3)C2C1=O. The van der Waals surface area contributed by atoms with Gasteiger partial charge in [0.1, 0.15) is 0 Å². The van der Waals surface area contributed by atoms with Gasteiger partial charge in [-0.1, -0.05) is 43.4 Å². The maximum Gasteiger partial charge on any atom is 0.234 e. The van der Waals surface area contributed by atoms with Crippen molar-refractivity contribution in [1.82, 2.24) is 4.90 Å². The number of allylic oxidation sites excluding steroid dienone is 4. The molecule has 3 nitrogen and oxygen atoms in total. The average Bonchev–Trinajstić information content (AvgIpc) is 2.92. The summed E-state index contributed by atoms with van der Waals surface area (Å²) in [7, 11) is 0. The highest BCUT2D eigenvalue weighted by Gasteiger charge is 2.63. The number of hydrogen-bond acceptors (Lipinski definition) is 2. The third-order valence-electron chi connectivity index (χ3n) is 4.70. The van der Waals surface area contributed by atoms with Crippen LogP contribution in [0.25, 0.3) is 0 Å². The summed E-state index contributed by atoms with van der Waals surface area (Å²) in [6.07, 6.45) is 8.91. The van der Waals surface area contributed by atoms with Crippen LogP contribution in [0.3, 0.4) is 0 Å². The number of carbonyl (C=O) groups excluding carboxylic acids is 2. The van der Waals surface area contributed by atoms with Crippen LogP contribution >= 0.6 is 0 Å². The molecule has 1 aliphatic heterocycles. The summed E-state index contributed by atoms with van der Waals surface area (Å²) >= 11 is 0. The van der Waals surface area contributed by atoms with Gasteiger partial charge in [-0.15, -0.1) is 0 Å². The van der Waals surface area contributed by atoms with E-state index in [0.717, 1.165) is 12.0 Å². The van der Waals surface area contributed by atoms with Gasteiger partial charge in [0.25, 0.3) is 0 Å². The maximum absolute atomic E-state index is 12.5. The van der Waals surface area contributed by atoms with Gasteiger partial charge in [0.05, 0.1) is 11.8 Å². The molecule has 19 heavy (non-hydrogen) atoms. The number of nitrogens with zero attached hydrogens (tertiary/aromatic N) is 1. The molecule has 2 fully saturated rings. The summed E-state index contributed by atoms with van der Waals surface area (Å²) in [5, 5.41) is 0. The minimum Gasteiger partial charge on any atom is -0.278 e. The summed E-state index contributed by atoms with van der Waals surface area (Å²) < 4.78 is 0. The molecule has 3 rings (SSSR count). The molecule has 2 amide bonds. The summed E-state index contributed by atoms with van der Waals surface area (Å²) in [6, 6.07) is 0. The normalized spacial score (nSPS) is 39.7. The molecule has 2 aliphatic carbocycles. The average molecular weight is 257 g/mol. The quantitative estimate of drug-likeness (QED) is 0.442. The third kappa shape index (κ3) is 1.64. The number of imide groups is 1. The van der Waals surface area contributed by atoms with Crippen molar-refractivity contribution < 1.29 is 9.59 Å². The van der Waals surface area contributed by atoms with Crippen molar-refractivity contribution in [2.45, 2.75) is 20.3 Å². The number of rotatable bonds is 3. The molecule has 0 N–H and O–H groups in total. The van der Waals surface area contributed by atoms with E-state index in [1.807, 2.05) is 19.1 Å². The molecule has 0 aromatic rings. The molecule has 0 spiro atoms. The van der Waals surface area contributed by atoms with E-state index in [0.29, 0.717) is 6.54 Å². The van der Waals surface area contributed by atoms with Crippen molar-refractivity contribution in [3.05, 3.63) is 36.5 Å². The minimum atomic E-state index is -0.131. The Morgan fingerprint density at radius 1 is 1.53 bits per heavy atom. The lowest BCUT2D eigenvalue weighted by atomic mass is 9.76. The molecule has 3 aliphatic rings. The molecule has 0 aromatic carbocycles. The molecule has 1 saturated heterocycles. The lowest BCUT2D eigenvalue weighted by molar-refractivity contribution is -0.140. The number of likely N-dealkylation sites (tertiary alicyclic amines) is 1. The lowest BCUT2D eigenvalue weighted by Gasteiger charge is -2.25. The van der Waals surface area contributed by atoms with Gasteiger partial charge in [0, 0.05) is 6.54 Å². The van der Waals surface area contributed by atoms with Crippen LogP contribution in [0.5, 0.6) is 0 Å². The van der Waals surface area contributed by atoms with Crippen molar-refractivity contribution >= 4 is 11.8 Å². The number of carbonyl (C=O) groups is 2. The van der Waals surface area contributed by atoms with Crippen LogP contribution in [-0.4, -0.2) is 23.3 Å². The van der Waals surface area contributed by atoms with E-state index in [-0.39, 0.29) is 35.0 Å². The Hall–Kier alpha value is -1.64. The molecule has 4 unspecified atom stereocenters. The smallest absolute Gasteiger partial charge is 0.234 e. The van der Waals surface area contributed by atoms with Gasteiger partial charge in [0.2, 0.25) is 11.8 Å². The van der Waals surface area contributed by atoms with Crippen molar-refractivity contribution in [2.75, 3.05) is 6.54 Å². The van der Waals surface area contributed by atoms with Crippen LogP contribution in [0.1, 0.15) is 20.3 Å². The zero-order valence-corrected chi connectivity index (χ0v) is 11.4. The molecule has 3 heteroatoms. The predicted molar refractivity (Wildman–Crippen MR) is 73.0 cm³/mol. The minimum absolute atomic E-state index is 0.00992. The van der Waals surface area contributed by atoms with Gasteiger partial charge in [-0.25, -0.2) is 0 Å². The third-order valence-corrected chi connectivity index (χ3v) is 4.70. The second-order valence-corrected chi connectivity index (χ2v) is 6.27. The fourth-order valence-electron chi connectivity index (χ4n) is 3.88. The fourth-order valence-corrected chi connectivity index (χ4v) is 3.88. The highest BCUT2D eigenvalue weighted by molar-refractivity contribution is 6.06. The molecule has 1 heterocycles. The van der Waals surface area contributed by atoms with Crippen LogP contribution in [0.2, 0.25) is 0 Å². The van der Waals surface area contributed by atoms with Gasteiger partial charge in [-0.05, 0) is 24.7 Å². The van der Waals surface area contributed by atoms with E-state index in [4.69, 9.17) is 0 Å². The van der Waals surface area contributed by atoms with E-state index in [2.05, 4.69) is 25.7 Å². The van der Waals surface area contributed by atoms with Crippen LogP contribution in [0.4, 0.5) is 0 Å². The Bertz CT molecular complexity index is 531. The predicted octanol–water partition coefficient (Wildman–Crippen LogP) is 2.32. The lowest BCUT2D eigenvalue weighted by Crippen LogP contribution is -2.34. The first-order valence-corrected chi connectivity index (χ1v) is 6.81. The van der Waals surface area contributed by atoms with Gasteiger partial charge in [0.15, 0.2) is 0 Å². The first-order chi connectivity index (χ1) is 8.94. The molecule has 4 atom stereocenters. The van der Waals surface area contributed by atoms with E-state index in [1.54, 1.807) is 0 Å². The van der Waals surface area contributed by atoms with Crippen LogP contribution < -0.4 is 0 Å². The molecule has 0 radical (unpaired) electrons. The van der Waals surface area contributed by atoms with Gasteiger partial charge < -0.3 is 0 Å². The topological polar surface area (TPSA) is 37.4 Å². The van der Waals surface area contributed by atoms with Crippen molar-refractivity contribution in [2.24, 2.45) is 23.2 Å². The summed E-state index contributed by atoms with van der Waals surface area (Å²) in [6.45, 7) is 8.15. The van der Waals surface area contributed by atoms with E-state index in [1.165, 1.54) is 4.90 Å². The largest absolute Gasteiger partial charge is 0.278 e. The standard InChI is InChI=1S/C16H19NO2/c1-10(2)5-4-8-17-14(18)12-11-6-7-16(3,9-11)13(12)15(17)19/h4-7,11-13H,1,8-9H2,2-3H3. The first kappa shape index (κ1) is 12.4. The molecule has 0 aromatic heterocycles. The second kappa shape index (κ2) is 3.92. The van der Waals surface area contributed by atoms with Crippen molar-refractivity contribution in [3.63, 3.8) is 0 Å². The summed E-state index contributed by atoms with van der Waals surface area (Å²) in [4.78, 5) is 26.3. The fraction of sp³-hybridized carbons (Fsp3) is 0.500. The van der Waals surface area contributed by atoms with E-state index >= 15 is 0 Å². The van der Waals surface area contributed by atoms with Crippen molar-refractivity contribution in [1.29, 1.82) is 0 Å². The zero-order chi connectivity index (χ0) is 13.8. The summed E-state index contributed by atoms with van der Waals surface area (Å²) in [5.41, 5.74) is 0.822. The van der Waals surface area contributed by atoms with Gasteiger partial charge >= 0.3 is 0 Å². The zero-order valence-electron chi connectivity index (χ0n) is 11.4. The van der Waals surface area contributed by atoms with Gasteiger partial charge in [-0.3, -0.25) is 14.5 Å².